The number of aliphatic hydroxyl groups excluding tert-OH is 1. The summed E-state index contributed by atoms with van der Waals surface area (Å²) in [4.78, 5) is 4.64. The SMILES string of the molecule is COc1cccc2ccc(CN[C@H](CO)C(C)C)nc12. The van der Waals surface area contributed by atoms with Gasteiger partial charge in [-0.3, -0.25) is 0 Å². The first-order valence-electron chi connectivity index (χ1n) is 6.92. The zero-order valence-corrected chi connectivity index (χ0v) is 12.3. The summed E-state index contributed by atoms with van der Waals surface area (Å²) < 4.78 is 5.34. The molecule has 4 nitrogen and oxygen atoms in total. The lowest BCUT2D eigenvalue weighted by Gasteiger charge is -2.19. The van der Waals surface area contributed by atoms with Crippen molar-refractivity contribution in [3.8, 4) is 5.75 Å². The number of aliphatic hydroxyl groups is 1. The summed E-state index contributed by atoms with van der Waals surface area (Å²) in [6.45, 7) is 4.95. The molecule has 108 valence electrons. The van der Waals surface area contributed by atoms with Crippen LogP contribution in [0.2, 0.25) is 0 Å². The summed E-state index contributed by atoms with van der Waals surface area (Å²) in [6, 6.07) is 10.0. The number of pyridine rings is 1. The Morgan fingerprint density at radius 1 is 1.25 bits per heavy atom. The number of methoxy groups -OCH3 is 1. The molecule has 1 heterocycles. The average Bonchev–Trinajstić information content (AvgIpc) is 2.46. The standard InChI is InChI=1S/C16H22N2O2/c1-11(2)14(10-19)17-9-13-8-7-12-5-4-6-15(20-3)16(12)18-13/h4-8,11,14,17,19H,9-10H2,1-3H3/t14-/m1/s1. The Kier molecular flexibility index (Phi) is 4.93. The predicted octanol–water partition coefficient (Wildman–Crippen LogP) is 2.35. The van der Waals surface area contributed by atoms with Gasteiger partial charge in [0, 0.05) is 18.0 Å². The van der Waals surface area contributed by atoms with Crippen LogP contribution < -0.4 is 10.1 Å². The van der Waals surface area contributed by atoms with Gasteiger partial charge in [-0.1, -0.05) is 32.0 Å². The quantitative estimate of drug-likeness (QED) is 0.849. The molecule has 2 rings (SSSR count). The number of rotatable bonds is 6. The molecule has 2 aromatic rings. The number of benzene rings is 1. The highest BCUT2D eigenvalue weighted by molar-refractivity contribution is 5.84. The third-order valence-corrected chi connectivity index (χ3v) is 3.51. The fourth-order valence-electron chi connectivity index (χ4n) is 2.17. The van der Waals surface area contributed by atoms with E-state index in [1.807, 2.05) is 30.3 Å². The maximum Gasteiger partial charge on any atom is 0.145 e. The first-order chi connectivity index (χ1) is 9.65. The van der Waals surface area contributed by atoms with Crippen molar-refractivity contribution < 1.29 is 9.84 Å². The molecule has 1 atom stereocenters. The number of hydrogen-bond donors (Lipinski definition) is 2. The molecule has 0 fully saturated rings. The van der Waals surface area contributed by atoms with E-state index in [9.17, 15) is 5.11 Å². The van der Waals surface area contributed by atoms with Gasteiger partial charge in [0.15, 0.2) is 0 Å². The second-order valence-electron chi connectivity index (χ2n) is 5.25. The summed E-state index contributed by atoms with van der Waals surface area (Å²) in [5, 5.41) is 13.7. The van der Waals surface area contributed by atoms with Gasteiger partial charge in [-0.05, 0) is 18.1 Å². The van der Waals surface area contributed by atoms with Gasteiger partial charge in [-0.15, -0.1) is 0 Å². The molecule has 0 radical (unpaired) electrons. The van der Waals surface area contributed by atoms with Crippen LogP contribution >= 0.6 is 0 Å². The highest BCUT2D eigenvalue weighted by Gasteiger charge is 2.11. The molecular formula is C16H22N2O2. The number of ether oxygens (including phenoxy) is 1. The van der Waals surface area contributed by atoms with E-state index < -0.39 is 0 Å². The number of fused-ring (bicyclic) bond motifs is 1. The van der Waals surface area contributed by atoms with E-state index in [4.69, 9.17) is 4.74 Å². The van der Waals surface area contributed by atoms with Crippen molar-refractivity contribution in [1.82, 2.24) is 10.3 Å². The molecule has 0 saturated carbocycles. The Morgan fingerprint density at radius 2 is 2.05 bits per heavy atom. The van der Waals surface area contributed by atoms with Crippen LogP contribution in [0, 0.1) is 5.92 Å². The van der Waals surface area contributed by atoms with E-state index in [-0.39, 0.29) is 12.6 Å². The number of aromatic nitrogens is 1. The van der Waals surface area contributed by atoms with Gasteiger partial charge >= 0.3 is 0 Å². The number of nitrogens with one attached hydrogen (secondary N) is 1. The van der Waals surface area contributed by atoms with Crippen LogP contribution in [0.4, 0.5) is 0 Å². The molecule has 0 amide bonds. The molecule has 0 aliphatic heterocycles. The van der Waals surface area contributed by atoms with Crippen LogP contribution in [0.3, 0.4) is 0 Å². The van der Waals surface area contributed by atoms with Crippen molar-refractivity contribution in [1.29, 1.82) is 0 Å². The largest absolute Gasteiger partial charge is 0.494 e. The van der Waals surface area contributed by atoms with Gasteiger partial charge < -0.3 is 15.2 Å². The Morgan fingerprint density at radius 3 is 2.70 bits per heavy atom. The van der Waals surface area contributed by atoms with Crippen LogP contribution in [0.15, 0.2) is 30.3 Å². The molecule has 20 heavy (non-hydrogen) atoms. The highest BCUT2D eigenvalue weighted by atomic mass is 16.5. The summed E-state index contributed by atoms with van der Waals surface area (Å²) in [5.74, 6) is 1.17. The van der Waals surface area contributed by atoms with E-state index in [1.54, 1.807) is 7.11 Å². The van der Waals surface area contributed by atoms with Gasteiger partial charge in [0.2, 0.25) is 0 Å². The lowest BCUT2D eigenvalue weighted by molar-refractivity contribution is 0.209. The van der Waals surface area contributed by atoms with Crippen LogP contribution in [0.25, 0.3) is 10.9 Å². The third-order valence-electron chi connectivity index (χ3n) is 3.51. The van der Waals surface area contributed by atoms with Crippen molar-refractivity contribution in [3.63, 3.8) is 0 Å². The lowest BCUT2D eigenvalue weighted by atomic mass is 10.1. The summed E-state index contributed by atoms with van der Waals surface area (Å²) in [6.07, 6.45) is 0. The smallest absolute Gasteiger partial charge is 0.145 e. The minimum atomic E-state index is 0.0881. The predicted molar refractivity (Wildman–Crippen MR) is 80.8 cm³/mol. The third kappa shape index (κ3) is 3.26. The first-order valence-corrected chi connectivity index (χ1v) is 6.92. The van der Waals surface area contributed by atoms with Crippen LogP contribution in [-0.2, 0) is 6.54 Å². The molecule has 0 spiro atoms. The number of para-hydroxylation sites is 1. The second kappa shape index (κ2) is 6.68. The first kappa shape index (κ1) is 14.8. The van der Waals surface area contributed by atoms with E-state index in [2.05, 4.69) is 24.1 Å². The van der Waals surface area contributed by atoms with E-state index in [0.29, 0.717) is 12.5 Å². The van der Waals surface area contributed by atoms with Crippen molar-refractivity contribution in [2.45, 2.75) is 26.4 Å². The molecule has 1 aromatic carbocycles. The molecule has 0 aliphatic carbocycles. The molecule has 0 unspecified atom stereocenters. The molecule has 1 aromatic heterocycles. The normalized spacial score (nSPS) is 12.8. The van der Waals surface area contributed by atoms with Gasteiger partial charge in [0.05, 0.1) is 19.4 Å². The molecular weight excluding hydrogens is 252 g/mol. The molecule has 0 bridgehead atoms. The van der Waals surface area contributed by atoms with E-state index in [1.165, 1.54) is 0 Å². The Bertz CT molecular complexity index is 569. The zero-order chi connectivity index (χ0) is 14.5. The monoisotopic (exact) mass is 274 g/mol. The number of nitrogens with zero attached hydrogens (tertiary/aromatic N) is 1. The van der Waals surface area contributed by atoms with Crippen LogP contribution in [-0.4, -0.2) is 29.8 Å². The van der Waals surface area contributed by atoms with Crippen molar-refractivity contribution in [2.24, 2.45) is 5.92 Å². The minimum Gasteiger partial charge on any atom is -0.494 e. The van der Waals surface area contributed by atoms with Crippen LogP contribution in [0.5, 0.6) is 5.75 Å². The Labute approximate surface area is 119 Å². The summed E-state index contributed by atoms with van der Waals surface area (Å²) >= 11 is 0. The fourth-order valence-corrected chi connectivity index (χ4v) is 2.17. The fraction of sp³-hybridized carbons (Fsp3) is 0.438. The van der Waals surface area contributed by atoms with Crippen molar-refractivity contribution in [3.05, 3.63) is 36.0 Å². The summed E-state index contributed by atoms with van der Waals surface area (Å²) in [5.41, 5.74) is 1.82. The molecule has 0 saturated heterocycles. The molecule has 0 aliphatic rings. The summed E-state index contributed by atoms with van der Waals surface area (Å²) in [7, 11) is 1.65. The van der Waals surface area contributed by atoms with E-state index >= 15 is 0 Å². The molecule has 4 heteroatoms. The van der Waals surface area contributed by atoms with Gasteiger partial charge in [0.25, 0.3) is 0 Å². The Hall–Kier alpha value is -1.65. The maximum atomic E-state index is 9.33. The van der Waals surface area contributed by atoms with Crippen molar-refractivity contribution >= 4 is 10.9 Å². The second-order valence-corrected chi connectivity index (χ2v) is 5.25. The van der Waals surface area contributed by atoms with Gasteiger partial charge in [0.1, 0.15) is 11.3 Å². The van der Waals surface area contributed by atoms with Crippen molar-refractivity contribution in [2.75, 3.05) is 13.7 Å². The molecule has 2 N–H and O–H groups in total. The number of hydrogen-bond acceptors (Lipinski definition) is 4. The minimum absolute atomic E-state index is 0.0881. The average molecular weight is 274 g/mol. The van der Waals surface area contributed by atoms with E-state index in [0.717, 1.165) is 22.3 Å². The topological polar surface area (TPSA) is 54.4 Å². The highest BCUT2D eigenvalue weighted by Crippen LogP contribution is 2.23. The van der Waals surface area contributed by atoms with Gasteiger partial charge in [-0.2, -0.15) is 0 Å². The maximum absolute atomic E-state index is 9.33. The van der Waals surface area contributed by atoms with Gasteiger partial charge in [-0.25, -0.2) is 4.98 Å². The van der Waals surface area contributed by atoms with Crippen LogP contribution in [0.1, 0.15) is 19.5 Å². The Balaban J connectivity index is 2.19. The zero-order valence-electron chi connectivity index (χ0n) is 12.3. The lowest BCUT2D eigenvalue weighted by Crippen LogP contribution is -2.36.